The Balaban J connectivity index is 1.64. The Morgan fingerprint density at radius 2 is 2.00 bits per heavy atom. The quantitative estimate of drug-likeness (QED) is 0.536. The second kappa shape index (κ2) is 5.62. The van der Waals surface area contributed by atoms with Crippen LogP contribution in [-0.2, 0) is 0 Å². The molecular formula is C19H32. The lowest BCUT2D eigenvalue weighted by molar-refractivity contribution is 0.0430. The summed E-state index contributed by atoms with van der Waals surface area (Å²) in [6.07, 6.45) is 18.8. The minimum atomic E-state index is 0.681. The van der Waals surface area contributed by atoms with Gasteiger partial charge in [0.1, 0.15) is 0 Å². The molecule has 2 saturated carbocycles. The number of allylic oxidation sites excluding steroid dienone is 2. The van der Waals surface area contributed by atoms with Gasteiger partial charge in [-0.3, -0.25) is 0 Å². The topological polar surface area (TPSA) is 0 Å². The van der Waals surface area contributed by atoms with Crippen molar-refractivity contribution in [2.24, 2.45) is 23.2 Å². The van der Waals surface area contributed by atoms with Crippen LogP contribution in [0.4, 0.5) is 0 Å². The van der Waals surface area contributed by atoms with Gasteiger partial charge >= 0.3 is 0 Å². The van der Waals surface area contributed by atoms with E-state index in [1.54, 1.807) is 12.0 Å². The fourth-order valence-corrected chi connectivity index (χ4v) is 5.24. The molecule has 2 bridgehead atoms. The van der Waals surface area contributed by atoms with E-state index in [4.69, 9.17) is 0 Å². The molecule has 3 unspecified atom stereocenters. The first-order chi connectivity index (χ1) is 9.20. The van der Waals surface area contributed by atoms with E-state index >= 15 is 0 Å². The molecule has 4 rings (SSSR count). The molecule has 108 valence electrons. The van der Waals surface area contributed by atoms with Crippen LogP contribution in [0.3, 0.4) is 0 Å². The van der Waals surface area contributed by atoms with Gasteiger partial charge in [-0.25, -0.2) is 0 Å². The van der Waals surface area contributed by atoms with E-state index in [1.165, 1.54) is 64.2 Å². The van der Waals surface area contributed by atoms with Crippen molar-refractivity contribution in [1.82, 2.24) is 0 Å². The van der Waals surface area contributed by atoms with Crippen LogP contribution in [0.2, 0.25) is 0 Å². The minimum absolute atomic E-state index is 0.681. The number of fused-ring (bicyclic) bond motifs is 6. The Labute approximate surface area is 120 Å². The highest BCUT2D eigenvalue weighted by molar-refractivity contribution is 5.18. The zero-order valence-corrected chi connectivity index (χ0v) is 13.1. The van der Waals surface area contributed by atoms with Crippen LogP contribution in [0.15, 0.2) is 11.6 Å². The first-order valence-corrected chi connectivity index (χ1v) is 8.88. The first-order valence-electron chi connectivity index (χ1n) is 8.88. The molecule has 0 N–H and O–H groups in total. The highest BCUT2D eigenvalue weighted by atomic mass is 14.5. The molecule has 0 heteroatoms. The van der Waals surface area contributed by atoms with Gasteiger partial charge in [-0.15, -0.1) is 0 Å². The maximum atomic E-state index is 2.56. The van der Waals surface area contributed by atoms with Crippen molar-refractivity contribution in [3.05, 3.63) is 11.6 Å². The van der Waals surface area contributed by atoms with Gasteiger partial charge in [0.15, 0.2) is 0 Å². The lowest BCUT2D eigenvalue weighted by Gasteiger charge is -2.49. The molecule has 0 radical (unpaired) electrons. The Morgan fingerprint density at radius 3 is 2.68 bits per heavy atom. The second-order valence-electron chi connectivity index (χ2n) is 8.07. The number of rotatable bonds is 3. The molecule has 0 amide bonds. The predicted molar refractivity (Wildman–Crippen MR) is 83.1 cm³/mol. The van der Waals surface area contributed by atoms with Crippen LogP contribution < -0.4 is 0 Å². The van der Waals surface area contributed by atoms with Crippen LogP contribution in [0.1, 0.15) is 84.5 Å². The molecule has 0 nitrogen and oxygen atoms in total. The maximum absolute atomic E-state index is 2.56. The van der Waals surface area contributed by atoms with Crippen molar-refractivity contribution in [3.63, 3.8) is 0 Å². The zero-order valence-electron chi connectivity index (χ0n) is 13.1. The maximum Gasteiger partial charge on any atom is -0.0249 e. The molecule has 0 heterocycles. The molecule has 3 atom stereocenters. The molecule has 19 heavy (non-hydrogen) atoms. The van der Waals surface area contributed by atoms with Gasteiger partial charge in [-0.1, -0.05) is 51.2 Å². The normalized spacial score (nSPS) is 42.8. The average molecular weight is 260 g/mol. The summed E-state index contributed by atoms with van der Waals surface area (Å²) < 4.78 is 0. The third-order valence-corrected chi connectivity index (χ3v) is 6.27. The summed E-state index contributed by atoms with van der Waals surface area (Å²) in [5, 5.41) is 0. The Kier molecular flexibility index (Phi) is 4.06. The lowest BCUT2D eigenvalue weighted by Crippen LogP contribution is -2.38. The smallest absolute Gasteiger partial charge is 0.0249 e. The van der Waals surface area contributed by atoms with Crippen molar-refractivity contribution >= 4 is 0 Å². The SMILES string of the molecule is CCCC1CCC1C1CCCCC=C2CC(C)(C2)C1. The summed E-state index contributed by atoms with van der Waals surface area (Å²) in [6.45, 7) is 4.93. The molecule has 4 aliphatic carbocycles. The van der Waals surface area contributed by atoms with Crippen molar-refractivity contribution in [2.45, 2.75) is 84.5 Å². The van der Waals surface area contributed by atoms with E-state index in [-0.39, 0.29) is 0 Å². The molecule has 0 aliphatic heterocycles. The Hall–Kier alpha value is -0.260. The van der Waals surface area contributed by atoms with Crippen LogP contribution >= 0.6 is 0 Å². The molecule has 0 spiro atoms. The number of hydrogen-bond donors (Lipinski definition) is 0. The van der Waals surface area contributed by atoms with Gasteiger partial charge in [0.2, 0.25) is 0 Å². The summed E-state index contributed by atoms with van der Waals surface area (Å²) in [5.74, 6) is 3.26. The second-order valence-corrected chi connectivity index (χ2v) is 8.07. The van der Waals surface area contributed by atoms with Crippen molar-refractivity contribution < 1.29 is 0 Å². The van der Waals surface area contributed by atoms with Gasteiger partial charge in [-0.05, 0) is 68.1 Å². The van der Waals surface area contributed by atoms with Crippen LogP contribution in [0.25, 0.3) is 0 Å². The van der Waals surface area contributed by atoms with Crippen LogP contribution in [0, 0.1) is 23.2 Å². The van der Waals surface area contributed by atoms with Crippen molar-refractivity contribution in [1.29, 1.82) is 0 Å². The lowest BCUT2D eigenvalue weighted by atomic mass is 9.56. The van der Waals surface area contributed by atoms with E-state index in [1.807, 2.05) is 0 Å². The molecule has 0 aromatic rings. The molecular weight excluding hydrogens is 228 g/mol. The highest BCUT2D eigenvalue weighted by Gasteiger charge is 2.43. The summed E-state index contributed by atoms with van der Waals surface area (Å²) in [4.78, 5) is 0. The summed E-state index contributed by atoms with van der Waals surface area (Å²) >= 11 is 0. The summed E-state index contributed by atoms with van der Waals surface area (Å²) in [5.41, 5.74) is 2.46. The highest BCUT2D eigenvalue weighted by Crippen LogP contribution is 2.54. The van der Waals surface area contributed by atoms with E-state index < -0.39 is 0 Å². The van der Waals surface area contributed by atoms with Gasteiger partial charge in [-0.2, -0.15) is 0 Å². The van der Waals surface area contributed by atoms with E-state index in [9.17, 15) is 0 Å². The van der Waals surface area contributed by atoms with E-state index in [0.29, 0.717) is 5.41 Å². The van der Waals surface area contributed by atoms with Gasteiger partial charge < -0.3 is 0 Å². The molecule has 0 saturated heterocycles. The van der Waals surface area contributed by atoms with Gasteiger partial charge in [0.05, 0.1) is 0 Å². The van der Waals surface area contributed by atoms with Crippen LogP contribution in [-0.4, -0.2) is 0 Å². The molecule has 2 fully saturated rings. The Bertz CT molecular complexity index is 330. The summed E-state index contributed by atoms with van der Waals surface area (Å²) in [6, 6.07) is 0. The first kappa shape index (κ1) is 13.7. The van der Waals surface area contributed by atoms with Crippen LogP contribution in [0.5, 0.6) is 0 Å². The van der Waals surface area contributed by atoms with Crippen molar-refractivity contribution in [2.75, 3.05) is 0 Å². The zero-order chi connectivity index (χ0) is 13.3. The standard InChI is InChI=1S/C19H32/c1-3-7-16-10-11-18(16)17-9-6-4-5-8-15-12-19(2,13-15)14-17/h8,16-18H,3-7,9-14H2,1-2H3. The molecule has 0 aromatic carbocycles. The van der Waals surface area contributed by atoms with Gasteiger partial charge in [0.25, 0.3) is 0 Å². The monoisotopic (exact) mass is 260 g/mol. The van der Waals surface area contributed by atoms with E-state index in [2.05, 4.69) is 19.9 Å². The molecule has 4 aliphatic rings. The largest absolute Gasteiger partial charge is 0.0853 e. The Morgan fingerprint density at radius 1 is 1.16 bits per heavy atom. The average Bonchev–Trinajstić information content (AvgIpc) is 2.32. The third-order valence-electron chi connectivity index (χ3n) is 6.27. The van der Waals surface area contributed by atoms with Gasteiger partial charge in [0, 0.05) is 0 Å². The summed E-state index contributed by atoms with van der Waals surface area (Å²) in [7, 11) is 0. The van der Waals surface area contributed by atoms with Crippen molar-refractivity contribution in [3.8, 4) is 0 Å². The molecule has 0 aromatic heterocycles. The minimum Gasteiger partial charge on any atom is -0.0853 e. The number of hydrogen-bond acceptors (Lipinski definition) is 0. The fraction of sp³-hybridized carbons (Fsp3) is 0.895. The predicted octanol–water partition coefficient (Wildman–Crippen LogP) is 6.12. The fourth-order valence-electron chi connectivity index (χ4n) is 5.24. The third kappa shape index (κ3) is 2.93. The van der Waals surface area contributed by atoms with E-state index in [0.717, 1.165) is 17.8 Å².